The first-order valence-corrected chi connectivity index (χ1v) is 6.70. The van der Waals surface area contributed by atoms with E-state index in [9.17, 15) is 9.50 Å². The Kier molecular flexibility index (Phi) is 3.85. The van der Waals surface area contributed by atoms with Gasteiger partial charge in [-0.1, -0.05) is 22.0 Å². The predicted octanol–water partition coefficient (Wildman–Crippen LogP) is 2.76. The lowest BCUT2D eigenvalue weighted by Gasteiger charge is -2.35. The summed E-state index contributed by atoms with van der Waals surface area (Å²) in [5.74, 6) is -0.265. The third kappa shape index (κ3) is 3.27. The van der Waals surface area contributed by atoms with Crippen LogP contribution in [0.1, 0.15) is 31.2 Å². The monoisotopic (exact) mass is 301 g/mol. The predicted molar refractivity (Wildman–Crippen MR) is 69.2 cm³/mol. The van der Waals surface area contributed by atoms with Crippen LogP contribution in [0.2, 0.25) is 0 Å². The molecule has 3 N–H and O–H groups in total. The molecule has 94 valence electrons. The summed E-state index contributed by atoms with van der Waals surface area (Å²) in [6.45, 7) is 0. The van der Waals surface area contributed by atoms with Crippen molar-refractivity contribution in [2.75, 3.05) is 0 Å². The molecule has 4 heteroatoms. The molecule has 2 rings (SSSR count). The van der Waals surface area contributed by atoms with Crippen LogP contribution in [0.25, 0.3) is 0 Å². The highest BCUT2D eigenvalue weighted by molar-refractivity contribution is 9.10. The van der Waals surface area contributed by atoms with E-state index in [4.69, 9.17) is 5.73 Å². The molecule has 0 spiro atoms. The van der Waals surface area contributed by atoms with E-state index >= 15 is 0 Å². The van der Waals surface area contributed by atoms with Gasteiger partial charge in [-0.25, -0.2) is 4.39 Å². The van der Waals surface area contributed by atoms with E-state index in [1.54, 1.807) is 6.07 Å². The molecule has 1 saturated carbocycles. The van der Waals surface area contributed by atoms with Crippen molar-refractivity contribution in [3.8, 4) is 0 Å². The standard InChI is InChI=1S/C13H17BrFNO/c14-12-7-10(15)2-1-9(12)8-13(17)5-3-11(16)4-6-13/h1-2,7,11,17H,3-6,8,16H2. The van der Waals surface area contributed by atoms with E-state index in [-0.39, 0.29) is 11.9 Å². The van der Waals surface area contributed by atoms with E-state index in [0.29, 0.717) is 6.42 Å². The number of benzene rings is 1. The van der Waals surface area contributed by atoms with E-state index in [1.165, 1.54) is 12.1 Å². The Balaban J connectivity index is 2.09. The number of hydrogen-bond donors (Lipinski definition) is 2. The molecule has 0 bridgehead atoms. The maximum Gasteiger partial charge on any atom is 0.124 e. The van der Waals surface area contributed by atoms with Crippen molar-refractivity contribution in [3.05, 3.63) is 34.1 Å². The lowest BCUT2D eigenvalue weighted by atomic mass is 9.79. The second kappa shape index (κ2) is 5.04. The first-order chi connectivity index (χ1) is 7.98. The van der Waals surface area contributed by atoms with Gasteiger partial charge in [-0.2, -0.15) is 0 Å². The summed E-state index contributed by atoms with van der Waals surface area (Å²) in [7, 11) is 0. The topological polar surface area (TPSA) is 46.2 Å². The minimum absolute atomic E-state index is 0.215. The SMILES string of the molecule is NC1CCC(O)(Cc2ccc(F)cc2Br)CC1. The van der Waals surface area contributed by atoms with E-state index in [2.05, 4.69) is 15.9 Å². The average molecular weight is 302 g/mol. The summed E-state index contributed by atoms with van der Waals surface area (Å²) >= 11 is 3.33. The van der Waals surface area contributed by atoms with Crippen LogP contribution in [0.3, 0.4) is 0 Å². The van der Waals surface area contributed by atoms with Gasteiger partial charge in [-0.3, -0.25) is 0 Å². The van der Waals surface area contributed by atoms with Crippen molar-refractivity contribution in [1.29, 1.82) is 0 Å². The number of hydrogen-bond acceptors (Lipinski definition) is 2. The molecule has 0 amide bonds. The van der Waals surface area contributed by atoms with Gasteiger partial charge in [0.05, 0.1) is 5.60 Å². The quantitative estimate of drug-likeness (QED) is 0.882. The highest BCUT2D eigenvalue weighted by Crippen LogP contribution is 2.32. The second-order valence-corrected chi connectivity index (χ2v) is 5.83. The van der Waals surface area contributed by atoms with Crippen LogP contribution in [-0.2, 0) is 6.42 Å². The van der Waals surface area contributed by atoms with Crippen molar-refractivity contribution in [1.82, 2.24) is 0 Å². The minimum atomic E-state index is -0.684. The van der Waals surface area contributed by atoms with Crippen LogP contribution >= 0.6 is 15.9 Å². The molecule has 0 saturated heterocycles. The number of nitrogens with two attached hydrogens (primary N) is 1. The van der Waals surface area contributed by atoms with Gasteiger partial charge in [0.1, 0.15) is 5.82 Å². The summed E-state index contributed by atoms with van der Waals surface area (Å²) in [6.07, 6.45) is 3.71. The van der Waals surface area contributed by atoms with Crippen molar-refractivity contribution in [2.45, 2.75) is 43.7 Å². The van der Waals surface area contributed by atoms with Gasteiger partial charge in [0.25, 0.3) is 0 Å². The first-order valence-electron chi connectivity index (χ1n) is 5.90. The normalized spacial score (nSPS) is 29.3. The fraction of sp³-hybridized carbons (Fsp3) is 0.538. The summed E-state index contributed by atoms with van der Waals surface area (Å²) in [4.78, 5) is 0. The van der Waals surface area contributed by atoms with E-state index in [1.807, 2.05) is 0 Å². The number of aliphatic hydroxyl groups is 1. The molecule has 0 unspecified atom stereocenters. The molecule has 1 aromatic carbocycles. The first kappa shape index (κ1) is 13.0. The molecule has 0 aliphatic heterocycles. The van der Waals surface area contributed by atoms with Gasteiger partial charge in [-0.05, 0) is 43.4 Å². The Hall–Kier alpha value is -0.450. The van der Waals surface area contributed by atoms with Gasteiger partial charge in [0.15, 0.2) is 0 Å². The van der Waals surface area contributed by atoms with Gasteiger partial charge < -0.3 is 10.8 Å². The van der Waals surface area contributed by atoms with Crippen LogP contribution in [0.15, 0.2) is 22.7 Å². The fourth-order valence-corrected chi connectivity index (χ4v) is 2.86. The highest BCUT2D eigenvalue weighted by atomic mass is 79.9. The van der Waals surface area contributed by atoms with E-state index < -0.39 is 5.60 Å². The Morgan fingerprint density at radius 2 is 2.06 bits per heavy atom. The summed E-state index contributed by atoms with van der Waals surface area (Å²) in [5.41, 5.74) is 6.09. The second-order valence-electron chi connectivity index (χ2n) is 4.97. The minimum Gasteiger partial charge on any atom is -0.390 e. The van der Waals surface area contributed by atoms with Crippen molar-refractivity contribution >= 4 is 15.9 Å². The van der Waals surface area contributed by atoms with Crippen LogP contribution in [0.5, 0.6) is 0 Å². The smallest absolute Gasteiger partial charge is 0.124 e. The Labute approximate surface area is 109 Å². The fourth-order valence-electron chi connectivity index (χ4n) is 2.37. The molecule has 2 nitrogen and oxygen atoms in total. The Morgan fingerprint density at radius 3 is 2.65 bits per heavy atom. The Bertz CT molecular complexity index is 402. The van der Waals surface area contributed by atoms with Crippen LogP contribution in [-0.4, -0.2) is 16.7 Å². The Morgan fingerprint density at radius 1 is 1.41 bits per heavy atom. The zero-order valence-corrected chi connectivity index (χ0v) is 11.2. The molecule has 1 aromatic rings. The lowest BCUT2D eigenvalue weighted by molar-refractivity contribution is 0.0000651. The van der Waals surface area contributed by atoms with Gasteiger partial charge in [-0.15, -0.1) is 0 Å². The highest BCUT2D eigenvalue weighted by Gasteiger charge is 2.32. The van der Waals surface area contributed by atoms with Crippen LogP contribution in [0, 0.1) is 5.82 Å². The molecule has 0 heterocycles. The average Bonchev–Trinajstić information content (AvgIpc) is 2.27. The molecular formula is C13H17BrFNO. The summed E-state index contributed by atoms with van der Waals surface area (Å²) in [5, 5.41) is 10.5. The van der Waals surface area contributed by atoms with Gasteiger partial charge in [0, 0.05) is 16.9 Å². The summed E-state index contributed by atoms with van der Waals surface area (Å²) < 4.78 is 13.7. The van der Waals surface area contributed by atoms with Crippen molar-refractivity contribution < 1.29 is 9.50 Å². The maximum atomic E-state index is 13.0. The van der Waals surface area contributed by atoms with E-state index in [0.717, 1.165) is 35.7 Å². The number of halogens is 2. The molecule has 17 heavy (non-hydrogen) atoms. The van der Waals surface area contributed by atoms with Gasteiger partial charge in [0.2, 0.25) is 0 Å². The lowest BCUT2D eigenvalue weighted by Crippen LogP contribution is -2.40. The van der Waals surface area contributed by atoms with Gasteiger partial charge >= 0.3 is 0 Å². The molecule has 1 fully saturated rings. The molecule has 1 aliphatic carbocycles. The summed E-state index contributed by atoms with van der Waals surface area (Å²) in [6, 6.07) is 4.81. The van der Waals surface area contributed by atoms with Crippen molar-refractivity contribution in [2.24, 2.45) is 5.73 Å². The molecule has 1 aliphatic rings. The van der Waals surface area contributed by atoms with Crippen molar-refractivity contribution in [3.63, 3.8) is 0 Å². The largest absolute Gasteiger partial charge is 0.390 e. The zero-order valence-electron chi connectivity index (χ0n) is 9.63. The third-order valence-electron chi connectivity index (χ3n) is 3.50. The maximum absolute atomic E-state index is 13.0. The number of rotatable bonds is 2. The zero-order chi connectivity index (χ0) is 12.5. The third-order valence-corrected chi connectivity index (χ3v) is 4.23. The molecule has 0 aromatic heterocycles. The molecule has 0 radical (unpaired) electrons. The molecular weight excluding hydrogens is 285 g/mol. The van der Waals surface area contributed by atoms with Crippen LogP contribution in [0.4, 0.5) is 4.39 Å². The van der Waals surface area contributed by atoms with Crippen LogP contribution < -0.4 is 5.73 Å². The molecule has 0 atom stereocenters.